The second kappa shape index (κ2) is 49.3. The van der Waals surface area contributed by atoms with Crippen molar-refractivity contribution in [3.63, 3.8) is 0 Å². The van der Waals surface area contributed by atoms with Crippen LogP contribution in [0.3, 0.4) is 0 Å². The molecule has 0 saturated carbocycles. The Kier molecular flexibility index (Phi) is 46.1. The SMILES string of the molecule is Cc1c(C(C)C)c(C)c(C(C)N(C)C)c(O)c1C(C)C.Cc1c(C(C)C)c(C)c(C(C)N(C)C)c(O)c1C(C)C.Cc1c(C(C)C)c(C)c(C(C)N(C)C)c(O)c1C(C)N(C)C.Cc1c(C(C)C)c(O)c(C(C)C)c(C)c1C(C)N(C)C.Cc1c(C(C)C)c(O)c(C(C)N(C)C)c(C)c1C(C)N(C)C.Cc1c(C(C)C)c(O)c(C(C)N(C)C)c(C)c1C(C)N(C)C. The van der Waals surface area contributed by atoms with Crippen molar-refractivity contribution in [1.82, 2.24) is 44.1 Å². The molecule has 0 aliphatic heterocycles. The number of benzene rings is 6. The van der Waals surface area contributed by atoms with Crippen molar-refractivity contribution in [2.75, 3.05) is 127 Å². The third-order valence-corrected chi connectivity index (χ3v) is 28.7. The van der Waals surface area contributed by atoms with E-state index in [1.807, 2.05) is 0 Å². The summed E-state index contributed by atoms with van der Waals surface area (Å²) in [7, 11) is 37.4. The molecule has 0 aromatic heterocycles. The van der Waals surface area contributed by atoms with Gasteiger partial charge in [0, 0.05) is 98.9 Å². The average Bonchev–Trinajstić information content (AvgIpc) is 0.735. The number of hydrogen-bond donors (Lipinski definition) is 6. The van der Waals surface area contributed by atoms with Gasteiger partial charge in [-0.1, -0.05) is 125 Å². The summed E-state index contributed by atoms with van der Waals surface area (Å²) < 4.78 is 0. The van der Waals surface area contributed by atoms with Gasteiger partial charge in [0.25, 0.3) is 0 Å². The van der Waals surface area contributed by atoms with Crippen LogP contribution in [-0.4, -0.2) is 202 Å². The van der Waals surface area contributed by atoms with Crippen LogP contribution < -0.4 is 0 Å². The van der Waals surface area contributed by atoms with Crippen molar-refractivity contribution in [2.24, 2.45) is 0 Å². The van der Waals surface area contributed by atoms with Gasteiger partial charge >= 0.3 is 0 Å². The summed E-state index contributed by atoms with van der Waals surface area (Å²) in [6.45, 7) is 84.8. The van der Waals surface area contributed by atoms with Crippen LogP contribution in [0, 0.1) is 83.1 Å². The highest BCUT2D eigenvalue weighted by molar-refractivity contribution is 5.63. The van der Waals surface area contributed by atoms with Crippen LogP contribution in [0.15, 0.2) is 0 Å². The molecule has 0 spiro atoms. The van der Waals surface area contributed by atoms with Gasteiger partial charge in [-0.15, -0.1) is 0 Å². The molecule has 9 unspecified atom stereocenters. The lowest BCUT2D eigenvalue weighted by Crippen LogP contribution is -2.23. The quantitative estimate of drug-likeness (QED) is 0.0290. The average molecular weight is 1750 g/mol. The second-order valence-electron chi connectivity index (χ2n) is 42.2. The summed E-state index contributed by atoms with van der Waals surface area (Å²) in [5.74, 6) is 6.31. The molecule has 126 heavy (non-hydrogen) atoms. The van der Waals surface area contributed by atoms with Crippen molar-refractivity contribution in [3.05, 3.63) is 167 Å². The number of hydrogen-bond acceptors (Lipinski definition) is 15. The van der Waals surface area contributed by atoms with Crippen molar-refractivity contribution < 1.29 is 30.6 Å². The van der Waals surface area contributed by atoms with Crippen LogP contribution in [-0.2, 0) is 0 Å². The summed E-state index contributed by atoms with van der Waals surface area (Å²) in [6.07, 6.45) is 0. The van der Waals surface area contributed by atoms with E-state index in [1.54, 1.807) is 0 Å². The molecular weight excluding hydrogens is 1560 g/mol. The Morgan fingerprint density at radius 3 is 0.294 bits per heavy atom. The minimum atomic E-state index is 0.186. The van der Waals surface area contributed by atoms with Gasteiger partial charge in [-0.2, -0.15) is 0 Å². The molecule has 720 valence electrons. The molecular formula is C111H195N9O6. The monoisotopic (exact) mass is 1750 g/mol. The molecule has 0 bridgehead atoms. The highest BCUT2D eigenvalue weighted by atomic mass is 16.3. The lowest BCUT2D eigenvalue weighted by atomic mass is 9.81. The van der Waals surface area contributed by atoms with Crippen molar-refractivity contribution in [1.29, 1.82) is 0 Å². The number of phenols is 6. The lowest BCUT2D eigenvalue weighted by molar-refractivity contribution is 0.294. The summed E-state index contributed by atoms with van der Waals surface area (Å²) in [5, 5.41) is 65.3. The van der Waals surface area contributed by atoms with Gasteiger partial charge in [-0.3, -0.25) is 0 Å². The predicted molar refractivity (Wildman–Crippen MR) is 551 cm³/mol. The molecule has 6 rings (SSSR count). The molecule has 0 fully saturated rings. The zero-order valence-electron chi connectivity index (χ0n) is 92.1. The Morgan fingerprint density at radius 1 is 0.119 bits per heavy atom. The van der Waals surface area contributed by atoms with Crippen molar-refractivity contribution in [2.45, 2.75) is 378 Å². The molecule has 0 saturated heterocycles. The van der Waals surface area contributed by atoms with E-state index in [4.69, 9.17) is 0 Å². The summed E-state index contributed by atoms with van der Waals surface area (Å²) in [4.78, 5) is 19.7. The van der Waals surface area contributed by atoms with Gasteiger partial charge < -0.3 is 74.7 Å². The summed E-state index contributed by atoms with van der Waals surface area (Å²) >= 11 is 0. The first-order valence-corrected chi connectivity index (χ1v) is 47.5. The molecule has 0 aliphatic carbocycles. The number of rotatable bonds is 27. The van der Waals surface area contributed by atoms with Crippen LogP contribution in [0.25, 0.3) is 0 Å². The molecule has 0 aliphatic rings. The molecule has 9 atom stereocenters. The van der Waals surface area contributed by atoms with Gasteiger partial charge in [-0.25, -0.2) is 0 Å². The van der Waals surface area contributed by atoms with E-state index >= 15 is 0 Å². The third-order valence-electron chi connectivity index (χ3n) is 28.7. The largest absolute Gasteiger partial charge is 0.507 e. The Balaban J connectivity index is 0.000000756. The molecule has 15 heteroatoms. The van der Waals surface area contributed by atoms with Crippen LogP contribution in [0.4, 0.5) is 0 Å². The molecule has 6 aromatic carbocycles. The van der Waals surface area contributed by atoms with E-state index in [1.165, 1.54) is 100 Å². The molecule has 6 N–H and O–H groups in total. The smallest absolute Gasteiger partial charge is 0.125 e. The van der Waals surface area contributed by atoms with Crippen LogP contribution in [0.5, 0.6) is 34.5 Å². The van der Waals surface area contributed by atoms with E-state index in [0.717, 1.165) is 66.8 Å². The Morgan fingerprint density at radius 2 is 0.190 bits per heavy atom. The first-order chi connectivity index (χ1) is 57.4. The minimum Gasteiger partial charge on any atom is -0.507 e. The minimum absolute atomic E-state index is 0.186. The number of phenolic OH excluding ortho intramolecular Hbond substituents is 6. The molecule has 6 aromatic rings. The fourth-order valence-corrected chi connectivity index (χ4v) is 20.5. The van der Waals surface area contributed by atoms with Gasteiger partial charge in [0.1, 0.15) is 34.5 Å². The van der Waals surface area contributed by atoms with E-state index in [0.29, 0.717) is 106 Å². The molecule has 0 radical (unpaired) electrons. The van der Waals surface area contributed by atoms with Crippen LogP contribution in [0.1, 0.15) is 461 Å². The maximum absolute atomic E-state index is 11.0. The predicted octanol–water partition coefficient (Wildman–Crippen LogP) is 27.8. The lowest BCUT2D eigenvalue weighted by Gasteiger charge is -2.32. The van der Waals surface area contributed by atoms with Crippen LogP contribution >= 0.6 is 0 Å². The van der Waals surface area contributed by atoms with Gasteiger partial charge in [0.05, 0.1) is 0 Å². The first kappa shape index (κ1) is 118. The summed E-state index contributed by atoms with van der Waals surface area (Å²) in [5.41, 5.74) is 36.3. The van der Waals surface area contributed by atoms with E-state index < -0.39 is 0 Å². The van der Waals surface area contributed by atoms with Crippen molar-refractivity contribution in [3.8, 4) is 34.5 Å². The normalized spacial score (nSPS) is 14.3. The molecule has 0 amide bonds. The fourth-order valence-electron chi connectivity index (χ4n) is 20.5. The fraction of sp³-hybridized carbons (Fsp3) is 0.676. The van der Waals surface area contributed by atoms with Gasteiger partial charge in [0.2, 0.25) is 0 Å². The second-order valence-corrected chi connectivity index (χ2v) is 42.2. The zero-order valence-corrected chi connectivity index (χ0v) is 92.1. The van der Waals surface area contributed by atoms with Gasteiger partial charge in [-0.05, 0) is 448 Å². The van der Waals surface area contributed by atoms with Crippen LogP contribution in [0.2, 0.25) is 0 Å². The van der Waals surface area contributed by atoms with E-state index in [9.17, 15) is 30.6 Å². The Labute approximate surface area is 776 Å². The highest BCUT2D eigenvalue weighted by Crippen LogP contribution is 2.51. The topological polar surface area (TPSA) is 151 Å². The molecule has 15 nitrogen and oxygen atoms in total. The van der Waals surface area contributed by atoms with E-state index in [2.05, 4.69) is 441 Å². The van der Waals surface area contributed by atoms with E-state index in [-0.39, 0.29) is 36.3 Å². The Hall–Kier alpha value is -6.24. The molecule has 0 heterocycles. The third kappa shape index (κ3) is 26.6. The van der Waals surface area contributed by atoms with Gasteiger partial charge in [0.15, 0.2) is 0 Å². The highest BCUT2D eigenvalue weighted by Gasteiger charge is 2.35. The zero-order chi connectivity index (χ0) is 99.4. The standard InChI is InChI=1S/3C19H34N2O.3C18H31NO/c2*1-11(2)16-12(3)17(14(5)20(7)8)13(4)18(19(16)22)15(6)21(9)10;1-11(2)16-12(3)17(14(5)20(7)8)19(22)18(13(16)4)15(6)21(9)10;1-10(2)15-12(5)17(14(7)19(8)9)13(6)16(11(3)4)18(15)20;2*1-10(2)15-12(5)16(11(3)4)18(20)17(13(15)6)14(7)19(8)9/h3*11,14-15,22H,1-10H3;3*10-11,14,20H,1-9H3. The first-order valence-electron chi connectivity index (χ1n) is 47.5. The summed E-state index contributed by atoms with van der Waals surface area (Å²) in [6, 6.07) is 2.18. The van der Waals surface area contributed by atoms with Crippen molar-refractivity contribution >= 4 is 0 Å². The maximum atomic E-state index is 11.0. The number of nitrogens with zero attached hydrogens (tertiary/aromatic N) is 9. The Bertz CT molecular complexity index is 3850. The maximum Gasteiger partial charge on any atom is 0.125 e. The number of aromatic hydroxyl groups is 6.